The first-order valence-electron chi connectivity index (χ1n) is 11.7. The molecule has 2 aliphatic rings. The van der Waals surface area contributed by atoms with E-state index in [1.165, 1.54) is 17.4 Å². The fourth-order valence-corrected chi connectivity index (χ4v) is 6.53. The summed E-state index contributed by atoms with van der Waals surface area (Å²) in [5.74, 6) is 0.149. The maximum atomic E-state index is 11.4. The third kappa shape index (κ3) is 4.31. The number of aromatic carboxylic acids is 1. The molecule has 2 aromatic carbocycles. The Balaban J connectivity index is 1.22. The second-order valence-corrected chi connectivity index (χ2v) is 11.3. The molecule has 2 aliphatic carbocycles. The topological polar surface area (TPSA) is 106 Å². The normalized spacial score (nSPS) is 21.9. The molecule has 0 saturated heterocycles. The van der Waals surface area contributed by atoms with Gasteiger partial charge in [-0.15, -0.1) is 11.3 Å². The van der Waals surface area contributed by atoms with Crippen molar-refractivity contribution in [2.45, 2.75) is 56.3 Å². The molecule has 6 rings (SSSR count). The summed E-state index contributed by atoms with van der Waals surface area (Å²) >= 11 is 14.2. The molecular weight excluding hydrogens is 523 g/mol. The van der Waals surface area contributed by atoms with Crippen molar-refractivity contribution in [3.05, 3.63) is 68.3 Å². The molecule has 2 aromatic heterocycles. The van der Waals surface area contributed by atoms with E-state index in [0.29, 0.717) is 57.0 Å². The minimum absolute atomic E-state index is 0.187. The third-order valence-corrected chi connectivity index (χ3v) is 8.75. The molecule has 36 heavy (non-hydrogen) atoms. The summed E-state index contributed by atoms with van der Waals surface area (Å²) in [5, 5.41) is 26.6. The maximum absolute atomic E-state index is 11.4. The number of aliphatic hydroxyl groups is 1. The first-order valence-corrected chi connectivity index (χ1v) is 13.3. The van der Waals surface area contributed by atoms with Crippen molar-refractivity contribution in [1.82, 2.24) is 10.1 Å². The van der Waals surface area contributed by atoms with Crippen molar-refractivity contribution in [3.8, 4) is 11.3 Å². The number of rotatable bonds is 7. The Morgan fingerprint density at radius 1 is 1.19 bits per heavy atom. The molecule has 10 heteroatoms. The lowest BCUT2D eigenvalue weighted by atomic mass is 10.0. The molecule has 2 heterocycles. The summed E-state index contributed by atoms with van der Waals surface area (Å²) in [5.41, 5.74) is 1.84. The zero-order valence-corrected chi connectivity index (χ0v) is 21.4. The summed E-state index contributed by atoms with van der Waals surface area (Å²) in [7, 11) is 0. The second kappa shape index (κ2) is 9.11. The van der Waals surface area contributed by atoms with E-state index < -0.39 is 11.6 Å². The van der Waals surface area contributed by atoms with Crippen LogP contribution in [0.5, 0.6) is 0 Å². The molecule has 2 N–H and O–H groups in total. The van der Waals surface area contributed by atoms with Crippen molar-refractivity contribution < 1.29 is 24.3 Å². The Hall–Kier alpha value is -2.49. The largest absolute Gasteiger partial charge is 0.478 e. The summed E-state index contributed by atoms with van der Waals surface area (Å²) in [4.78, 5) is 15.9. The number of carbonyl (C=O) groups is 1. The highest BCUT2D eigenvalue weighted by molar-refractivity contribution is 7.18. The maximum Gasteiger partial charge on any atom is 0.335 e. The van der Waals surface area contributed by atoms with Crippen molar-refractivity contribution in [1.29, 1.82) is 0 Å². The van der Waals surface area contributed by atoms with Crippen molar-refractivity contribution in [2.24, 2.45) is 0 Å². The van der Waals surface area contributed by atoms with Gasteiger partial charge in [-0.25, -0.2) is 9.78 Å². The van der Waals surface area contributed by atoms with Crippen LogP contribution in [0.15, 0.2) is 40.9 Å². The Morgan fingerprint density at radius 2 is 1.97 bits per heavy atom. The van der Waals surface area contributed by atoms with Crippen molar-refractivity contribution >= 4 is 50.7 Å². The van der Waals surface area contributed by atoms with E-state index in [-0.39, 0.29) is 18.3 Å². The molecule has 186 valence electrons. The van der Waals surface area contributed by atoms with Gasteiger partial charge < -0.3 is 19.5 Å². The van der Waals surface area contributed by atoms with Gasteiger partial charge in [-0.05, 0) is 56.0 Å². The van der Waals surface area contributed by atoms with Crippen LogP contribution < -0.4 is 0 Å². The van der Waals surface area contributed by atoms with Gasteiger partial charge in [0.15, 0.2) is 0 Å². The molecule has 0 radical (unpaired) electrons. The molecule has 4 aromatic rings. The molecule has 0 spiro atoms. The number of ether oxygens (including phenoxy) is 1. The zero-order valence-electron chi connectivity index (χ0n) is 19.0. The summed E-state index contributed by atoms with van der Waals surface area (Å²) in [6.45, 7) is 0.273. The van der Waals surface area contributed by atoms with Gasteiger partial charge in [0.1, 0.15) is 22.1 Å². The molecule has 2 saturated carbocycles. The van der Waals surface area contributed by atoms with Gasteiger partial charge in [0.25, 0.3) is 0 Å². The predicted octanol–water partition coefficient (Wildman–Crippen LogP) is 6.79. The lowest BCUT2D eigenvalue weighted by molar-refractivity contribution is -0.00109. The Labute approximate surface area is 220 Å². The molecular formula is C26H22Cl2N2O5S. The number of nitrogens with zero attached hydrogens (tertiary/aromatic N) is 2. The fraction of sp³-hybridized carbons (Fsp3) is 0.346. The van der Waals surface area contributed by atoms with Crippen LogP contribution in [0.1, 0.15) is 64.7 Å². The highest BCUT2D eigenvalue weighted by Crippen LogP contribution is 2.47. The van der Waals surface area contributed by atoms with E-state index in [2.05, 4.69) is 10.1 Å². The quantitative estimate of drug-likeness (QED) is 0.263. The Bertz CT molecular complexity index is 1460. The Morgan fingerprint density at radius 3 is 2.69 bits per heavy atom. The number of hydrogen-bond donors (Lipinski definition) is 2. The number of aromatic nitrogens is 2. The average Bonchev–Trinajstić information content (AvgIpc) is 3.28. The minimum Gasteiger partial charge on any atom is -0.478 e. The van der Waals surface area contributed by atoms with Gasteiger partial charge >= 0.3 is 5.97 Å². The molecule has 2 atom stereocenters. The number of halogens is 2. The lowest BCUT2D eigenvalue weighted by Crippen LogP contribution is -2.23. The highest BCUT2D eigenvalue weighted by atomic mass is 35.5. The summed E-state index contributed by atoms with van der Waals surface area (Å²) in [6.07, 6.45) is 3.47. The van der Waals surface area contributed by atoms with E-state index in [0.717, 1.165) is 28.9 Å². The predicted molar refractivity (Wildman–Crippen MR) is 137 cm³/mol. The van der Waals surface area contributed by atoms with E-state index in [4.69, 9.17) is 32.5 Å². The number of carboxylic acids is 1. The molecule has 2 unspecified atom stereocenters. The third-order valence-electron chi connectivity index (χ3n) is 6.91. The second-order valence-electron chi connectivity index (χ2n) is 9.46. The van der Waals surface area contributed by atoms with Gasteiger partial charge in [0.05, 0.1) is 38.5 Å². The monoisotopic (exact) mass is 544 g/mol. The van der Waals surface area contributed by atoms with Crippen LogP contribution >= 0.6 is 34.5 Å². The van der Waals surface area contributed by atoms with Crippen LogP contribution in [0.25, 0.3) is 21.5 Å². The molecule has 0 bridgehead atoms. The molecule has 2 fully saturated rings. The van der Waals surface area contributed by atoms with Gasteiger partial charge in [0, 0.05) is 23.5 Å². The van der Waals surface area contributed by atoms with Crippen molar-refractivity contribution in [2.75, 3.05) is 0 Å². The lowest BCUT2D eigenvalue weighted by Gasteiger charge is -2.20. The van der Waals surface area contributed by atoms with Gasteiger partial charge in [-0.3, -0.25) is 0 Å². The summed E-state index contributed by atoms with van der Waals surface area (Å²) < 4.78 is 12.8. The first kappa shape index (κ1) is 23.9. The number of fused-ring (bicyclic) bond motifs is 1. The summed E-state index contributed by atoms with van der Waals surface area (Å²) in [6, 6.07) is 10.1. The number of hydrogen-bond acceptors (Lipinski definition) is 7. The van der Waals surface area contributed by atoms with Gasteiger partial charge in [-0.2, -0.15) is 0 Å². The SMILES string of the molecule is O=C(O)c1ccc2nc(C3(O)CCC(OCc4c(-c5c(Cl)cccc5Cl)noc4C4CC4)C3)sc2c1. The van der Waals surface area contributed by atoms with E-state index in [1.807, 2.05) is 0 Å². The van der Waals surface area contributed by atoms with Crippen LogP contribution in [-0.2, 0) is 16.9 Å². The van der Waals surface area contributed by atoms with Crippen LogP contribution in [0.4, 0.5) is 0 Å². The molecule has 0 aliphatic heterocycles. The molecule has 0 amide bonds. The minimum atomic E-state index is -1.12. The van der Waals surface area contributed by atoms with Crippen LogP contribution in [0.3, 0.4) is 0 Å². The van der Waals surface area contributed by atoms with Crippen LogP contribution in [0, 0.1) is 0 Å². The number of benzene rings is 2. The molecule has 7 nitrogen and oxygen atoms in total. The Kier molecular flexibility index (Phi) is 6.05. The van der Waals surface area contributed by atoms with E-state index in [9.17, 15) is 15.0 Å². The average molecular weight is 545 g/mol. The number of carboxylic acid groups (broad SMARTS) is 1. The smallest absolute Gasteiger partial charge is 0.335 e. The zero-order chi connectivity index (χ0) is 25.0. The van der Waals surface area contributed by atoms with E-state index >= 15 is 0 Å². The van der Waals surface area contributed by atoms with Gasteiger partial charge in [0.2, 0.25) is 0 Å². The fourth-order valence-electron chi connectivity index (χ4n) is 4.82. The van der Waals surface area contributed by atoms with E-state index in [1.54, 1.807) is 30.3 Å². The number of thiazole rings is 1. The highest BCUT2D eigenvalue weighted by Gasteiger charge is 2.42. The van der Waals surface area contributed by atoms with Crippen LogP contribution in [0.2, 0.25) is 10.0 Å². The standard InChI is InChI=1S/C26H22Cl2N2O5S/c27-17-2-1-3-18(28)21(17)22-16(23(35-30-22)13-4-5-13)12-34-15-8-9-26(33,11-15)25-29-19-7-6-14(24(31)32)10-20(19)36-25/h1-3,6-7,10,13,15,33H,4-5,8-9,11-12H2,(H,31,32). The van der Waals surface area contributed by atoms with Crippen LogP contribution in [-0.4, -0.2) is 32.4 Å². The van der Waals surface area contributed by atoms with Gasteiger partial charge in [-0.1, -0.05) is 34.4 Å². The van der Waals surface area contributed by atoms with Crippen molar-refractivity contribution in [3.63, 3.8) is 0 Å². The first-order chi connectivity index (χ1) is 17.3.